The average Bonchev–Trinajstić information content (AvgIpc) is 2.79. The number of halogens is 1. The van der Waals surface area contributed by atoms with Gasteiger partial charge in [0, 0.05) is 10.7 Å². The summed E-state index contributed by atoms with van der Waals surface area (Å²) in [6.07, 6.45) is 3.48. The summed E-state index contributed by atoms with van der Waals surface area (Å²) >= 11 is 6.05. The zero-order valence-corrected chi connectivity index (χ0v) is 15.2. The van der Waals surface area contributed by atoms with Gasteiger partial charge in [0.1, 0.15) is 12.1 Å². The van der Waals surface area contributed by atoms with Gasteiger partial charge in [-0.25, -0.2) is 4.79 Å². The first-order chi connectivity index (χ1) is 11.8. The molecule has 2 fully saturated rings. The molecule has 1 aliphatic heterocycles. The van der Waals surface area contributed by atoms with Crippen molar-refractivity contribution >= 4 is 35.1 Å². The monoisotopic (exact) mass is 363 g/mol. The normalized spacial score (nSPS) is 26.0. The van der Waals surface area contributed by atoms with E-state index in [1.807, 2.05) is 13.8 Å². The van der Waals surface area contributed by atoms with Gasteiger partial charge in [-0.05, 0) is 43.4 Å². The van der Waals surface area contributed by atoms with E-state index in [0.29, 0.717) is 17.1 Å². The molecule has 134 valence electrons. The van der Waals surface area contributed by atoms with E-state index in [-0.39, 0.29) is 18.4 Å². The van der Waals surface area contributed by atoms with Gasteiger partial charge in [0.2, 0.25) is 5.91 Å². The van der Waals surface area contributed by atoms with Crippen molar-refractivity contribution < 1.29 is 14.4 Å². The zero-order valence-electron chi connectivity index (χ0n) is 14.4. The predicted molar refractivity (Wildman–Crippen MR) is 95.4 cm³/mol. The highest BCUT2D eigenvalue weighted by Crippen LogP contribution is 2.38. The number of nitrogens with one attached hydrogen (secondary N) is 2. The Kier molecular flexibility index (Phi) is 4.73. The summed E-state index contributed by atoms with van der Waals surface area (Å²) < 4.78 is 0. The van der Waals surface area contributed by atoms with Crippen LogP contribution in [0.1, 0.15) is 38.2 Å². The number of hydrogen-bond acceptors (Lipinski definition) is 3. The summed E-state index contributed by atoms with van der Waals surface area (Å²) in [7, 11) is 0. The van der Waals surface area contributed by atoms with Gasteiger partial charge in [0.25, 0.3) is 5.91 Å². The average molecular weight is 364 g/mol. The number of amides is 4. The van der Waals surface area contributed by atoms with E-state index >= 15 is 0 Å². The van der Waals surface area contributed by atoms with Crippen LogP contribution in [0.4, 0.5) is 10.5 Å². The molecule has 0 bridgehead atoms. The minimum atomic E-state index is -0.844. The molecule has 1 heterocycles. The second-order valence-corrected chi connectivity index (χ2v) is 7.36. The smallest absolute Gasteiger partial charge is 0.324 e. The molecule has 3 rings (SSSR count). The Morgan fingerprint density at radius 3 is 2.84 bits per heavy atom. The van der Waals surface area contributed by atoms with Gasteiger partial charge in [-0.2, -0.15) is 0 Å². The van der Waals surface area contributed by atoms with Crippen molar-refractivity contribution in [3.63, 3.8) is 0 Å². The molecule has 25 heavy (non-hydrogen) atoms. The van der Waals surface area contributed by atoms with E-state index in [0.717, 1.165) is 29.7 Å². The number of imide groups is 1. The molecule has 1 spiro atoms. The summed E-state index contributed by atoms with van der Waals surface area (Å²) in [6, 6.07) is 4.68. The number of aryl methyl sites for hydroxylation is 1. The lowest BCUT2D eigenvalue weighted by atomic mass is 9.73. The van der Waals surface area contributed by atoms with Crippen molar-refractivity contribution in [3.05, 3.63) is 28.8 Å². The van der Waals surface area contributed by atoms with Crippen molar-refractivity contribution in [2.45, 2.75) is 45.1 Å². The molecule has 2 N–H and O–H groups in total. The summed E-state index contributed by atoms with van der Waals surface area (Å²) in [5, 5.41) is 6.07. The fourth-order valence-electron chi connectivity index (χ4n) is 3.65. The molecule has 6 nitrogen and oxygen atoms in total. The van der Waals surface area contributed by atoms with E-state index in [1.54, 1.807) is 18.2 Å². The molecular formula is C18H22ClN3O3. The van der Waals surface area contributed by atoms with E-state index in [4.69, 9.17) is 11.6 Å². The maximum atomic E-state index is 12.8. The van der Waals surface area contributed by atoms with E-state index in [9.17, 15) is 14.4 Å². The van der Waals surface area contributed by atoms with Gasteiger partial charge < -0.3 is 10.6 Å². The molecule has 1 aromatic rings. The Hall–Kier alpha value is -2.08. The molecule has 1 saturated heterocycles. The predicted octanol–water partition coefficient (Wildman–Crippen LogP) is 3.09. The highest BCUT2D eigenvalue weighted by molar-refractivity contribution is 6.31. The molecule has 1 aliphatic carbocycles. The van der Waals surface area contributed by atoms with Crippen LogP contribution in [0.5, 0.6) is 0 Å². The van der Waals surface area contributed by atoms with Gasteiger partial charge in [0.05, 0.1) is 0 Å². The first kappa shape index (κ1) is 17.7. The van der Waals surface area contributed by atoms with Crippen molar-refractivity contribution in [1.82, 2.24) is 10.2 Å². The van der Waals surface area contributed by atoms with Crippen molar-refractivity contribution in [3.8, 4) is 0 Å². The second kappa shape index (κ2) is 6.67. The molecule has 0 unspecified atom stereocenters. The zero-order chi connectivity index (χ0) is 18.2. The number of urea groups is 1. The maximum absolute atomic E-state index is 12.8. The molecule has 4 amide bonds. The summed E-state index contributed by atoms with van der Waals surface area (Å²) in [5.41, 5.74) is 0.596. The molecule has 2 aliphatic rings. The van der Waals surface area contributed by atoms with Gasteiger partial charge in [-0.1, -0.05) is 37.4 Å². The SMILES string of the molecule is Cc1ccc(NC(=O)CN2C(=O)N[C@@]3(CCCC[C@H]3C)C2=O)cc1Cl. The third-order valence-electron chi connectivity index (χ3n) is 5.26. The number of carbonyl (C=O) groups excluding carboxylic acids is 3. The summed E-state index contributed by atoms with van der Waals surface area (Å²) in [4.78, 5) is 38.4. The Labute approximate surface area is 151 Å². The molecule has 2 atom stereocenters. The Balaban J connectivity index is 1.69. The first-order valence-electron chi connectivity index (χ1n) is 8.53. The fourth-order valence-corrected chi connectivity index (χ4v) is 3.83. The van der Waals surface area contributed by atoms with E-state index in [2.05, 4.69) is 10.6 Å². The van der Waals surface area contributed by atoms with Gasteiger partial charge in [-0.3, -0.25) is 14.5 Å². The van der Waals surface area contributed by atoms with Crippen molar-refractivity contribution in [1.29, 1.82) is 0 Å². The molecule has 0 aromatic heterocycles. The molecular weight excluding hydrogens is 342 g/mol. The van der Waals surface area contributed by atoms with Gasteiger partial charge >= 0.3 is 6.03 Å². The van der Waals surface area contributed by atoms with Crippen LogP contribution < -0.4 is 10.6 Å². The van der Waals surface area contributed by atoms with Crippen molar-refractivity contribution in [2.75, 3.05) is 11.9 Å². The third kappa shape index (κ3) is 3.23. The topological polar surface area (TPSA) is 78.5 Å². The number of hydrogen-bond donors (Lipinski definition) is 2. The standard InChI is InChI=1S/C18H22ClN3O3/c1-11-6-7-13(9-14(11)19)20-15(23)10-22-16(24)18(21-17(22)25)8-4-3-5-12(18)2/h6-7,9,12H,3-5,8,10H2,1-2H3,(H,20,23)(H,21,25)/t12-,18-/m1/s1. The highest BCUT2D eigenvalue weighted by Gasteiger charge is 2.55. The van der Waals surface area contributed by atoms with Gasteiger partial charge in [-0.15, -0.1) is 0 Å². The summed E-state index contributed by atoms with van der Waals surface area (Å²) in [6.45, 7) is 3.55. The summed E-state index contributed by atoms with van der Waals surface area (Å²) in [5.74, 6) is -0.646. The lowest BCUT2D eigenvalue weighted by Crippen LogP contribution is -2.54. The van der Waals surface area contributed by atoms with Crippen LogP contribution in [0.15, 0.2) is 18.2 Å². The van der Waals surface area contributed by atoms with Crippen LogP contribution in [0.3, 0.4) is 0 Å². The molecule has 0 radical (unpaired) electrons. The molecule has 1 aromatic carbocycles. The first-order valence-corrected chi connectivity index (χ1v) is 8.91. The number of anilines is 1. The lowest BCUT2D eigenvalue weighted by Gasteiger charge is -2.36. The van der Waals surface area contributed by atoms with Crippen LogP contribution in [0.25, 0.3) is 0 Å². The molecule has 1 saturated carbocycles. The second-order valence-electron chi connectivity index (χ2n) is 6.95. The molecule has 7 heteroatoms. The largest absolute Gasteiger partial charge is 0.325 e. The van der Waals surface area contributed by atoms with E-state index in [1.165, 1.54) is 0 Å². The number of rotatable bonds is 3. The van der Waals surface area contributed by atoms with Crippen LogP contribution >= 0.6 is 11.6 Å². The number of benzene rings is 1. The minimum absolute atomic E-state index is 0.0710. The number of nitrogens with zero attached hydrogens (tertiary/aromatic N) is 1. The Bertz CT molecular complexity index is 736. The van der Waals surface area contributed by atoms with Crippen LogP contribution in [0.2, 0.25) is 5.02 Å². The Morgan fingerprint density at radius 2 is 2.16 bits per heavy atom. The highest BCUT2D eigenvalue weighted by atomic mass is 35.5. The van der Waals surface area contributed by atoms with E-state index < -0.39 is 17.5 Å². The van der Waals surface area contributed by atoms with Crippen LogP contribution in [0, 0.1) is 12.8 Å². The number of carbonyl (C=O) groups is 3. The third-order valence-corrected chi connectivity index (χ3v) is 5.67. The fraction of sp³-hybridized carbons (Fsp3) is 0.500. The van der Waals surface area contributed by atoms with Crippen molar-refractivity contribution in [2.24, 2.45) is 5.92 Å². The maximum Gasteiger partial charge on any atom is 0.325 e. The quantitative estimate of drug-likeness (QED) is 0.810. The van der Waals surface area contributed by atoms with Crippen LogP contribution in [-0.4, -0.2) is 34.8 Å². The van der Waals surface area contributed by atoms with Crippen LogP contribution in [-0.2, 0) is 9.59 Å². The Morgan fingerprint density at radius 1 is 1.40 bits per heavy atom. The lowest BCUT2D eigenvalue weighted by molar-refractivity contribution is -0.136. The minimum Gasteiger partial charge on any atom is -0.324 e. The van der Waals surface area contributed by atoms with Gasteiger partial charge in [0.15, 0.2) is 0 Å².